The summed E-state index contributed by atoms with van der Waals surface area (Å²) in [7, 11) is 0. The minimum atomic E-state index is -0.587. The quantitative estimate of drug-likeness (QED) is 0.874. The van der Waals surface area contributed by atoms with E-state index in [1.54, 1.807) is 29.0 Å². The van der Waals surface area contributed by atoms with Crippen molar-refractivity contribution in [2.45, 2.75) is 26.8 Å². The van der Waals surface area contributed by atoms with E-state index in [1.165, 1.54) is 0 Å². The maximum Gasteiger partial charge on any atom is 0.242 e. The predicted molar refractivity (Wildman–Crippen MR) is 76.3 cm³/mol. The second-order valence-corrected chi connectivity index (χ2v) is 5.26. The first-order chi connectivity index (χ1) is 8.39. The molecule has 0 aliphatic rings. The molecule has 0 saturated carbocycles. The number of anilines is 1. The monoisotopic (exact) mass is 283 g/mol. The van der Waals surface area contributed by atoms with Gasteiger partial charge in [0.25, 0.3) is 0 Å². The van der Waals surface area contributed by atoms with Crippen molar-refractivity contribution >= 4 is 29.8 Å². The van der Waals surface area contributed by atoms with E-state index < -0.39 is 6.04 Å². The third kappa shape index (κ3) is 3.21. The highest BCUT2D eigenvalue weighted by Crippen LogP contribution is 2.19. The third-order valence-electron chi connectivity index (χ3n) is 2.76. The number of hydrogen-bond donors (Lipinski definition) is 2. The Bertz CT molecular complexity index is 575. The largest absolute Gasteiger partial charge is 0.319 e. The van der Waals surface area contributed by atoms with Crippen molar-refractivity contribution < 1.29 is 4.79 Å². The Kier molecular flexibility index (Phi) is 4.49. The molecule has 0 unspecified atom stereocenters. The van der Waals surface area contributed by atoms with Gasteiger partial charge in [0.15, 0.2) is 5.65 Å². The van der Waals surface area contributed by atoms with E-state index in [4.69, 9.17) is 5.73 Å². The summed E-state index contributed by atoms with van der Waals surface area (Å²) in [5.74, 6) is 0.334. The number of fused-ring (bicyclic) bond motifs is 1. The summed E-state index contributed by atoms with van der Waals surface area (Å²) in [6.45, 7) is 5.77. The molecule has 0 saturated heterocycles. The molecule has 0 radical (unpaired) electrons. The Morgan fingerprint density at radius 1 is 1.37 bits per heavy atom. The molecule has 1 amide bonds. The molecule has 0 spiro atoms. The van der Waals surface area contributed by atoms with Gasteiger partial charge in [-0.05, 0) is 11.5 Å². The van der Waals surface area contributed by atoms with Crippen molar-refractivity contribution in [3.05, 3.63) is 24.5 Å². The second-order valence-electron chi connectivity index (χ2n) is 5.26. The lowest BCUT2D eigenvalue weighted by molar-refractivity contribution is -0.119. The Hall–Kier alpha value is -1.66. The number of amides is 1. The number of aromatic nitrogens is 3. The molecule has 0 bridgehead atoms. The molecule has 19 heavy (non-hydrogen) atoms. The molecule has 2 rings (SSSR count). The molecule has 0 aliphatic carbocycles. The summed E-state index contributed by atoms with van der Waals surface area (Å²) in [5.41, 5.74) is 6.29. The molecule has 7 heteroatoms. The lowest BCUT2D eigenvalue weighted by Crippen LogP contribution is -2.45. The first-order valence-corrected chi connectivity index (χ1v) is 5.75. The number of nitrogens with one attached hydrogen (secondary N) is 1. The fourth-order valence-electron chi connectivity index (χ4n) is 1.53. The van der Waals surface area contributed by atoms with E-state index in [0.29, 0.717) is 11.5 Å². The average molecular weight is 284 g/mol. The van der Waals surface area contributed by atoms with Crippen LogP contribution in [0.2, 0.25) is 0 Å². The number of rotatable bonds is 2. The van der Waals surface area contributed by atoms with Crippen molar-refractivity contribution in [1.29, 1.82) is 0 Å². The number of hydrogen-bond acceptors (Lipinski definition) is 4. The zero-order valence-corrected chi connectivity index (χ0v) is 11.9. The van der Waals surface area contributed by atoms with E-state index >= 15 is 0 Å². The highest BCUT2D eigenvalue weighted by Gasteiger charge is 2.27. The smallest absolute Gasteiger partial charge is 0.242 e. The van der Waals surface area contributed by atoms with Crippen LogP contribution in [0.25, 0.3) is 5.65 Å². The first-order valence-electron chi connectivity index (χ1n) is 5.75. The molecule has 1 atom stereocenters. The Balaban J connectivity index is 0.00000180. The van der Waals surface area contributed by atoms with Gasteiger partial charge in [-0.2, -0.15) is 9.61 Å². The SMILES string of the molecule is CC(C)(C)[C@H](N)C(=O)Nc1ccnc2ccnn12.Cl. The summed E-state index contributed by atoms with van der Waals surface area (Å²) in [5, 5.41) is 6.87. The fraction of sp³-hybridized carbons (Fsp3) is 0.417. The van der Waals surface area contributed by atoms with Crippen molar-refractivity contribution in [1.82, 2.24) is 14.6 Å². The number of carbonyl (C=O) groups excluding carboxylic acids is 1. The third-order valence-corrected chi connectivity index (χ3v) is 2.76. The zero-order chi connectivity index (χ0) is 13.3. The van der Waals surface area contributed by atoms with Crippen LogP contribution in [0.1, 0.15) is 20.8 Å². The summed E-state index contributed by atoms with van der Waals surface area (Å²) < 4.78 is 1.56. The highest BCUT2D eigenvalue weighted by atomic mass is 35.5. The van der Waals surface area contributed by atoms with E-state index in [9.17, 15) is 4.79 Å². The van der Waals surface area contributed by atoms with Gasteiger partial charge in [0, 0.05) is 12.3 Å². The molecule has 2 aromatic heterocycles. The van der Waals surface area contributed by atoms with Gasteiger partial charge in [-0.15, -0.1) is 12.4 Å². The van der Waals surface area contributed by atoms with Crippen LogP contribution in [-0.4, -0.2) is 26.5 Å². The van der Waals surface area contributed by atoms with Crippen LogP contribution < -0.4 is 11.1 Å². The Labute approximate surface area is 117 Å². The number of carbonyl (C=O) groups is 1. The number of nitrogens with two attached hydrogens (primary N) is 1. The standard InChI is InChI=1S/C12H17N5O.ClH/c1-12(2,3)10(13)11(18)16-9-4-6-14-8-5-7-15-17(8)9;/h4-7,10H,13H2,1-3H3,(H,16,18);1H/t10-;/m1./s1. The molecule has 0 fully saturated rings. The van der Waals surface area contributed by atoms with Gasteiger partial charge in [0.05, 0.1) is 12.2 Å². The minimum Gasteiger partial charge on any atom is -0.319 e. The second kappa shape index (κ2) is 5.54. The number of halogens is 1. The van der Waals surface area contributed by atoms with E-state index in [1.807, 2.05) is 20.8 Å². The van der Waals surface area contributed by atoms with Crippen LogP contribution in [0.3, 0.4) is 0 Å². The zero-order valence-electron chi connectivity index (χ0n) is 11.1. The van der Waals surface area contributed by atoms with Crippen LogP contribution in [0.4, 0.5) is 5.82 Å². The fourth-order valence-corrected chi connectivity index (χ4v) is 1.53. The van der Waals surface area contributed by atoms with Crippen LogP contribution in [-0.2, 0) is 4.79 Å². The van der Waals surface area contributed by atoms with Crippen molar-refractivity contribution in [3.8, 4) is 0 Å². The van der Waals surface area contributed by atoms with Crippen molar-refractivity contribution in [2.75, 3.05) is 5.32 Å². The summed E-state index contributed by atoms with van der Waals surface area (Å²) in [4.78, 5) is 16.1. The maximum absolute atomic E-state index is 12.0. The predicted octanol–water partition coefficient (Wildman–Crippen LogP) is 1.46. The molecule has 0 aromatic carbocycles. The summed E-state index contributed by atoms with van der Waals surface area (Å²) in [6.07, 6.45) is 3.25. The minimum absolute atomic E-state index is 0. The maximum atomic E-state index is 12.0. The molecule has 6 nitrogen and oxygen atoms in total. The van der Waals surface area contributed by atoms with Crippen LogP contribution in [0.15, 0.2) is 24.5 Å². The molecule has 104 valence electrons. The van der Waals surface area contributed by atoms with E-state index in [0.717, 1.165) is 0 Å². The molecular weight excluding hydrogens is 266 g/mol. The Morgan fingerprint density at radius 3 is 2.68 bits per heavy atom. The van der Waals surface area contributed by atoms with E-state index in [2.05, 4.69) is 15.4 Å². The van der Waals surface area contributed by atoms with Gasteiger partial charge >= 0.3 is 0 Å². The van der Waals surface area contributed by atoms with Gasteiger partial charge in [-0.3, -0.25) is 4.79 Å². The first kappa shape index (κ1) is 15.4. The molecule has 2 heterocycles. The molecule has 2 aromatic rings. The van der Waals surface area contributed by atoms with Gasteiger partial charge in [-0.25, -0.2) is 4.98 Å². The van der Waals surface area contributed by atoms with Gasteiger partial charge in [-0.1, -0.05) is 20.8 Å². The topological polar surface area (TPSA) is 85.3 Å². The van der Waals surface area contributed by atoms with Crippen LogP contribution >= 0.6 is 12.4 Å². The molecule has 3 N–H and O–H groups in total. The van der Waals surface area contributed by atoms with Crippen molar-refractivity contribution in [3.63, 3.8) is 0 Å². The van der Waals surface area contributed by atoms with Gasteiger partial charge < -0.3 is 11.1 Å². The molecule has 0 aliphatic heterocycles. The number of nitrogens with zero attached hydrogens (tertiary/aromatic N) is 3. The van der Waals surface area contributed by atoms with Crippen LogP contribution in [0.5, 0.6) is 0 Å². The summed E-state index contributed by atoms with van der Waals surface area (Å²) >= 11 is 0. The van der Waals surface area contributed by atoms with Gasteiger partial charge in [0.1, 0.15) is 5.82 Å². The van der Waals surface area contributed by atoms with E-state index in [-0.39, 0.29) is 23.7 Å². The average Bonchev–Trinajstić information content (AvgIpc) is 2.75. The Morgan fingerprint density at radius 2 is 2.05 bits per heavy atom. The molecular formula is C12H18ClN5O. The lowest BCUT2D eigenvalue weighted by atomic mass is 9.87. The highest BCUT2D eigenvalue weighted by molar-refractivity contribution is 5.94. The lowest BCUT2D eigenvalue weighted by Gasteiger charge is -2.25. The normalized spacial score (nSPS) is 12.8. The van der Waals surface area contributed by atoms with Crippen molar-refractivity contribution in [2.24, 2.45) is 11.1 Å². The van der Waals surface area contributed by atoms with Crippen LogP contribution in [0, 0.1) is 5.41 Å². The summed E-state index contributed by atoms with van der Waals surface area (Å²) in [6, 6.07) is 2.86. The van der Waals surface area contributed by atoms with Gasteiger partial charge in [0.2, 0.25) is 5.91 Å².